The second-order valence-electron chi connectivity index (χ2n) is 11.2. The summed E-state index contributed by atoms with van der Waals surface area (Å²) < 4.78 is 5.74. The predicted octanol–water partition coefficient (Wildman–Crippen LogP) is 7.52. The van der Waals surface area contributed by atoms with Gasteiger partial charge in [-0.15, -0.1) is 0 Å². The number of hydrogen-bond acceptors (Lipinski definition) is 4. The van der Waals surface area contributed by atoms with Crippen LogP contribution in [-0.2, 0) is 15.0 Å². The molecule has 1 fully saturated rings. The molecule has 0 spiro atoms. The van der Waals surface area contributed by atoms with E-state index in [4.69, 9.17) is 4.74 Å². The molecule has 5 heteroatoms. The van der Waals surface area contributed by atoms with E-state index >= 15 is 0 Å². The molecular weight excluding hydrogens is 474 g/mol. The van der Waals surface area contributed by atoms with Crippen molar-refractivity contribution < 1.29 is 19.4 Å². The number of amides is 1. The molecule has 1 aliphatic rings. The zero-order valence-electron chi connectivity index (χ0n) is 23.1. The maximum atomic E-state index is 13.5. The Hall–Kier alpha value is -3.86. The SMILES string of the molecule is CCCOc1cccc(/C(O)=C2/C(=O)C(=O)N(c3ccc(C(C)C)cc3)C2c2ccc(C(C)(C)C)cc2)c1. The van der Waals surface area contributed by atoms with Crippen LogP contribution in [0, 0.1) is 0 Å². The summed E-state index contributed by atoms with van der Waals surface area (Å²) in [6.07, 6.45) is 0.849. The number of ketones is 1. The Morgan fingerprint density at radius 3 is 2.21 bits per heavy atom. The molecule has 5 nitrogen and oxygen atoms in total. The van der Waals surface area contributed by atoms with E-state index in [9.17, 15) is 14.7 Å². The van der Waals surface area contributed by atoms with Crippen molar-refractivity contribution in [3.63, 3.8) is 0 Å². The normalized spacial score (nSPS) is 17.3. The Morgan fingerprint density at radius 1 is 0.974 bits per heavy atom. The smallest absolute Gasteiger partial charge is 0.300 e. The van der Waals surface area contributed by atoms with E-state index in [0.29, 0.717) is 29.5 Å². The van der Waals surface area contributed by atoms with E-state index in [1.165, 1.54) is 4.90 Å². The number of anilines is 1. The molecule has 1 saturated heterocycles. The van der Waals surface area contributed by atoms with Gasteiger partial charge in [0.2, 0.25) is 0 Å². The van der Waals surface area contributed by atoms with Crippen LogP contribution in [0.1, 0.15) is 82.2 Å². The Labute approximate surface area is 225 Å². The first-order chi connectivity index (χ1) is 18.0. The van der Waals surface area contributed by atoms with Crippen LogP contribution in [0.3, 0.4) is 0 Å². The van der Waals surface area contributed by atoms with Gasteiger partial charge in [-0.05, 0) is 58.7 Å². The van der Waals surface area contributed by atoms with Crippen LogP contribution >= 0.6 is 0 Å². The van der Waals surface area contributed by atoms with Crippen LogP contribution in [0.5, 0.6) is 5.75 Å². The first kappa shape index (κ1) is 27.2. The van der Waals surface area contributed by atoms with Gasteiger partial charge in [0.15, 0.2) is 0 Å². The highest BCUT2D eigenvalue weighted by Crippen LogP contribution is 2.43. The average Bonchev–Trinajstić information content (AvgIpc) is 3.17. The number of ether oxygens (including phenoxy) is 1. The van der Waals surface area contributed by atoms with E-state index < -0.39 is 17.7 Å². The third-order valence-corrected chi connectivity index (χ3v) is 6.96. The predicted molar refractivity (Wildman–Crippen MR) is 153 cm³/mol. The number of aliphatic hydroxyl groups is 1. The summed E-state index contributed by atoms with van der Waals surface area (Å²) in [5.74, 6) is -0.647. The number of Topliss-reactive ketones (excluding diaryl/α,β-unsaturated/α-hetero) is 1. The van der Waals surface area contributed by atoms with Gasteiger partial charge in [-0.2, -0.15) is 0 Å². The number of hydrogen-bond donors (Lipinski definition) is 1. The lowest BCUT2D eigenvalue weighted by Gasteiger charge is -2.27. The number of aliphatic hydroxyl groups excluding tert-OH is 1. The number of rotatable bonds is 7. The Balaban J connectivity index is 1.87. The summed E-state index contributed by atoms with van der Waals surface area (Å²) in [6.45, 7) is 13.2. The summed E-state index contributed by atoms with van der Waals surface area (Å²) in [6, 6.07) is 21.9. The van der Waals surface area contributed by atoms with Crippen LogP contribution in [-0.4, -0.2) is 23.4 Å². The quantitative estimate of drug-likeness (QED) is 0.202. The highest BCUT2D eigenvalue weighted by atomic mass is 16.5. The third kappa shape index (κ3) is 5.38. The minimum absolute atomic E-state index is 0.0497. The molecule has 1 aliphatic heterocycles. The standard InChI is InChI=1S/C33H37NO4/c1-7-19-38-27-10-8-9-24(20-27)30(35)28-29(23-11-15-25(16-12-23)33(4,5)6)34(32(37)31(28)36)26-17-13-22(14-18-26)21(2)3/h8-18,20-21,29,35H,7,19H2,1-6H3/b30-28-. The fourth-order valence-corrected chi connectivity index (χ4v) is 4.71. The number of carbonyl (C=O) groups is 2. The zero-order chi connectivity index (χ0) is 27.6. The lowest BCUT2D eigenvalue weighted by atomic mass is 9.85. The van der Waals surface area contributed by atoms with Crippen molar-refractivity contribution in [1.82, 2.24) is 0 Å². The lowest BCUT2D eigenvalue weighted by molar-refractivity contribution is -0.132. The fraction of sp³-hybridized carbons (Fsp3) is 0.333. The van der Waals surface area contributed by atoms with E-state index in [1.807, 2.05) is 61.5 Å². The highest BCUT2D eigenvalue weighted by molar-refractivity contribution is 6.51. The van der Waals surface area contributed by atoms with Crippen molar-refractivity contribution >= 4 is 23.1 Å². The zero-order valence-corrected chi connectivity index (χ0v) is 23.1. The second kappa shape index (κ2) is 10.9. The molecule has 1 N–H and O–H groups in total. The molecule has 0 aromatic heterocycles. The average molecular weight is 512 g/mol. The van der Waals surface area contributed by atoms with Crippen LogP contribution in [0.15, 0.2) is 78.4 Å². The van der Waals surface area contributed by atoms with Crippen LogP contribution < -0.4 is 9.64 Å². The minimum atomic E-state index is -0.769. The van der Waals surface area contributed by atoms with E-state index in [2.05, 4.69) is 34.6 Å². The van der Waals surface area contributed by atoms with Gasteiger partial charge in [-0.3, -0.25) is 14.5 Å². The van der Waals surface area contributed by atoms with Gasteiger partial charge in [0.1, 0.15) is 11.5 Å². The summed E-state index contributed by atoms with van der Waals surface area (Å²) in [5.41, 5.74) is 4.10. The summed E-state index contributed by atoms with van der Waals surface area (Å²) in [5, 5.41) is 11.5. The van der Waals surface area contributed by atoms with Crippen molar-refractivity contribution in [2.24, 2.45) is 0 Å². The van der Waals surface area contributed by atoms with Gasteiger partial charge in [0.05, 0.1) is 18.2 Å². The highest BCUT2D eigenvalue weighted by Gasteiger charge is 2.47. The largest absolute Gasteiger partial charge is 0.507 e. The Bertz CT molecular complexity index is 1340. The van der Waals surface area contributed by atoms with Crippen LogP contribution in [0.2, 0.25) is 0 Å². The molecule has 1 unspecified atom stereocenters. The maximum Gasteiger partial charge on any atom is 0.300 e. The molecule has 0 radical (unpaired) electrons. The number of benzene rings is 3. The molecule has 38 heavy (non-hydrogen) atoms. The van der Waals surface area contributed by atoms with E-state index in [-0.39, 0.29) is 16.7 Å². The first-order valence-electron chi connectivity index (χ1n) is 13.3. The molecular formula is C33H37NO4. The van der Waals surface area contributed by atoms with Crippen molar-refractivity contribution in [3.8, 4) is 5.75 Å². The van der Waals surface area contributed by atoms with Gasteiger partial charge in [0.25, 0.3) is 11.7 Å². The van der Waals surface area contributed by atoms with Crippen molar-refractivity contribution in [3.05, 3.63) is 101 Å². The van der Waals surface area contributed by atoms with Gasteiger partial charge >= 0.3 is 0 Å². The molecule has 0 saturated carbocycles. The van der Waals surface area contributed by atoms with Gasteiger partial charge in [-0.25, -0.2) is 0 Å². The Kier molecular flexibility index (Phi) is 7.77. The number of nitrogens with zero attached hydrogens (tertiary/aromatic N) is 1. The molecule has 1 amide bonds. The third-order valence-electron chi connectivity index (χ3n) is 6.96. The second-order valence-corrected chi connectivity index (χ2v) is 11.2. The van der Waals surface area contributed by atoms with Crippen molar-refractivity contribution in [1.29, 1.82) is 0 Å². The van der Waals surface area contributed by atoms with Crippen LogP contribution in [0.25, 0.3) is 5.76 Å². The molecule has 4 rings (SSSR count). The van der Waals surface area contributed by atoms with Gasteiger partial charge in [-0.1, -0.05) is 90.1 Å². The summed E-state index contributed by atoms with van der Waals surface area (Å²) >= 11 is 0. The molecule has 198 valence electrons. The van der Waals surface area contributed by atoms with Crippen molar-refractivity contribution in [2.75, 3.05) is 11.5 Å². The monoisotopic (exact) mass is 511 g/mol. The lowest BCUT2D eigenvalue weighted by Crippen LogP contribution is -2.29. The summed E-state index contributed by atoms with van der Waals surface area (Å²) in [4.78, 5) is 28.5. The summed E-state index contributed by atoms with van der Waals surface area (Å²) in [7, 11) is 0. The van der Waals surface area contributed by atoms with Crippen LogP contribution in [0.4, 0.5) is 5.69 Å². The van der Waals surface area contributed by atoms with Gasteiger partial charge < -0.3 is 9.84 Å². The van der Waals surface area contributed by atoms with Crippen molar-refractivity contribution in [2.45, 2.75) is 65.3 Å². The minimum Gasteiger partial charge on any atom is -0.507 e. The topological polar surface area (TPSA) is 66.8 Å². The molecule has 3 aromatic carbocycles. The first-order valence-corrected chi connectivity index (χ1v) is 13.3. The Morgan fingerprint density at radius 2 is 1.63 bits per heavy atom. The number of carbonyl (C=O) groups excluding carboxylic acids is 2. The van der Waals surface area contributed by atoms with E-state index in [1.54, 1.807) is 18.2 Å². The fourth-order valence-electron chi connectivity index (χ4n) is 4.71. The van der Waals surface area contributed by atoms with E-state index in [0.717, 1.165) is 23.1 Å². The molecule has 1 atom stereocenters. The molecule has 0 bridgehead atoms. The van der Waals surface area contributed by atoms with Gasteiger partial charge in [0, 0.05) is 11.3 Å². The molecule has 3 aromatic rings. The maximum absolute atomic E-state index is 13.5. The molecule has 1 heterocycles. The molecule has 0 aliphatic carbocycles.